The predicted molar refractivity (Wildman–Crippen MR) is 104 cm³/mol. The van der Waals surface area contributed by atoms with Gasteiger partial charge in [0, 0.05) is 17.5 Å². The minimum atomic E-state index is -0.321. The number of anilines is 2. The van der Waals surface area contributed by atoms with Gasteiger partial charge in [-0.15, -0.1) is 0 Å². The number of ether oxygens (including phenoxy) is 1. The van der Waals surface area contributed by atoms with Crippen molar-refractivity contribution in [1.29, 1.82) is 0 Å². The Morgan fingerprint density at radius 1 is 1.08 bits per heavy atom. The summed E-state index contributed by atoms with van der Waals surface area (Å²) in [5, 5.41) is 5.44. The Labute approximate surface area is 154 Å². The Morgan fingerprint density at radius 3 is 2.44 bits per heavy atom. The van der Waals surface area contributed by atoms with E-state index < -0.39 is 0 Å². The Balaban J connectivity index is 1.99. The Hall–Kier alpha value is -2.86. The Bertz CT molecular complexity index is 814. The Morgan fingerprint density at radius 2 is 1.80 bits per heavy atom. The highest BCUT2D eigenvalue weighted by atomic mass is 79.9. The number of halogens is 1. The van der Waals surface area contributed by atoms with Gasteiger partial charge in [-0.25, -0.2) is 0 Å². The SMILES string of the molecule is C=C(Br)C(=O)Nc1cccc(/C=C/C(=O)Nc2ccc(OC)cc2)c1. The second-order valence-corrected chi connectivity index (χ2v) is 5.99. The van der Waals surface area contributed by atoms with Crippen molar-refractivity contribution in [2.24, 2.45) is 0 Å². The van der Waals surface area contributed by atoms with E-state index in [9.17, 15) is 9.59 Å². The molecule has 0 aliphatic heterocycles. The van der Waals surface area contributed by atoms with Gasteiger partial charge in [0.25, 0.3) is 5.91 Å². The van der Waals surface area contributed by atoms with Crippen LogP contribution in [0.4, 0.5) is 11.4 Å². The normalized spacial score (nSPS) is 10.3. The number of amides is 2. The van der Waals surface area contributed by atoms with Crippen molar-refractivity contribution in [1.82, 2.24) is 0 Å². The molecule has 0 heterocycles. The highest BCUT2D eigenvalue weighted by Gasteiger charge is 2.04. The molecule has 0 aliphatic rings. The van der Waals surface area contributed by atoms with Crippen LogP contribution in [0.15, 0.2) is 65.7 Å². The maximum Gasteiger partial charge on any atom is 0.262 e. The average Bonchev–Trinajstić information content (AvgIpc) is 2.61. The number of rotatable bonds is 6. The second-order valence-electron chi connectivity index (χ2n) is 5.04. The number of nitrogens with one attached hydrogen (secondary N) is 2. The zero-order valence-corrected chi connectivity index (χ0v) is 15.2. The van der Waals surface area contributed by atoms with E-state index in [0.29, 0.717) is 11.4 Å². The molecule has 0 spiro atoms. The van der Waals surface area contributed by atoms with Gasteiger partial charge >= 0.3 is 0 Å². The molecule has 0 fully saturated rings. The molecule has 0 unspecified atom stereocenters. The van der Waals surface area contributed by atoms with Crippen molar-refractivity contribution < 1.29 is 14.3 Å². The largest absolute Gasteiger partial charge is 0.497 e. The minimum absolute atomic E-state index is 0.243. The summed E-state index contributed by atoms with van der Waals surface area (Å²) in [5.74, 6) is 0.144. The van der Waals surface area contributed by atoms with Gasteiger partial charge in [-0.2, -0.15) is 0 Å². The summed E-state index contributed by atoms with van der Waals surface area (Å²) in [6.07, 6.45) is 3.09. The van der Waals surface area contributed by atoms with Crippen LogP contribution < -0.4 is 15.4 Å². The van der Waals surface area contributed by atoms with E-state index in [1.807, 2.05) is 6.07 Å². The van der Waals surface area contributed by atoms with Crippen LogP contribution in [0.2, 0.25) is 0 Å². The fourth-order valence-electron chi connectivity index (χ4n) is 1.95. The lowest BCUT2D eigenvalue weighted by Crippen LogP contribution is -2.10. The molecule has 0 atom stereocenters. The summed E-state index contributed by atoms with van der Waals surface area (Å²) in [6, 6.07) is 14.2. The van der Waals surface area contributed by atoms with Crippen LogP contribution in [0, 0.1) is 0 Å². The molecule has 6 heteroatoms. The first kappa shape index (κ1) is 18.5. The lowest BCUT2D eigenvalue weighted by Gasteiger charge is -2.05. The lowest BCUT2D eigenvalue weighted by atomic mass is 10.2. The highest BCUT2D eigenvalue weighted by molar-refractivity contribution is 9.12. The van der Waals surface area contributed by atoms with Gasteiger partial charge in [-0.05, 0) is 64.0 Å². The molecule has 0 saturated carbocycles. The predicted octanol–water partition coefficient (Wildman–Crippen LogP) is 4.19. The summed E-state index contributed by atoms with van der Waals surface area (Å²) in [5.41, 5.74) is 2.07. The summed E-state index contributed by atoms with van der Waals surface area (Å²) in [6.45, 7) is 3.51. The molecule has 25 heavy (non-hydrogen) atoms. The van der Waals surface area contributed by atoms with Crippen molar-refractivity contribution in [3.8, 4) is 5.75 Å². The van der Waals surface area contributed by atoms with Crippen LogP contribution in [-0.2, 0) is 9.59 Å². The van der Waals surface area contributed by atoms with Gasteiger partial charge in [0.2, 0.25) is 5.91 Å². The molecule has 2 aromatic carbocycles. The molecule has 0 saturated heterocycles. The molecule has 0 aliphatic carbocycles. The monoisotopic (exact) mass is 400 g/mol. The maximum atomic E-state index is 12.0. The molecular weight excluding hydrogens is 384 g/mol. The smallest absolute Gasteiger partial charge is 0.262 e. The van der Waals surface area contributed by atoms with E-state index in [2.05, 4.69) is 33.1 Å². The summed E-state index contributed by atoms with van der Waals surface area (Å²) in [7, 11) is 1.58. The third-order valence-corrected chi connectivity index (χ3v) is 3.54. The van der Waals surface area contributed by atoms with Crippen molar-refractivity contribution in [2.45, 2.75) is 0 Å². The molecule has 5 nitrogen and oxygen atoms in total. The first-order valence-corrected chi connectivity index (χ1v) is 8.16. The van der Waals surface area contributed by atoms with Crippen LogP contribution in [0.1, 0.15) is 5.56 Å². The molecular formula is C19H17BrN2O3. The van der Waals surface area contributed by atoms with Crippen molar-refractivity contribution in [3.63, 3.8) is 0 Å². The number of benzene rings is 2. The number of methoxy groups -OCH3 is 1. The third-order valence-electron chi connectivity index (χ3n) is 3.18. The molecule has 0 aromatic heterocycles. The van der Waals surface area contributed by atoms with Gasteiger partial charge < -0.3 is 15.4 Å². The van der Waals surface area contributed by atoms with Crippen LogP contribution in [0.25, 0.3) is 6.08 Å². The van der Waals surface area contributed by atoms with Crippen molar-refractivity contribution >= 4 is 45.2 Å². The fourth-order valence-corrected chi connectivity index (χ4v) is 2.05. The Kier molecular flexibility index (Phi) is 6.54. The van der Waals surface area contributed by atoms with E-state index in [0.717, 1.165) is 11.3 Å². The molecule has 0 bridgehead atoms. The van der Waals surface area contributed by atoms with Crippen molar-refractivity contribution in [3.05, 3.63) is 71.2 Å². The summed E-state index contributed by atoms with van der Waals surface area (Å²) in [4.78, 5) is 23.6. The molecule has 2 rings (SSSR count). The summed E-state index contributed by atoms with van der Waals surface area (Å²) >= 11 is 3.02. The number of hydrogen-bond donors (Lipinski definition) is 2. The number of carbonyl (C=O) groups is 2. The maximum absolute atomic E-state index is 12.0. The fraction of sp³-hybridized carbons (Fsp3) is 0.0526. The van der Waals surface area contributed by atoms with Gasteiger partial charge in [0.05, 0.1) is 11.6 Å². The number of carbonyl (C=O) groups excluding carboxylic acids is 2. The topological polar surface area (TPSA) is 67.4 Å². The van der Waals surface area contributed by atoms with Gasteiger partial charge in [-0.1, -0.05) is 18.7 Å². The first-order chi connectivity index (χ1) is 12.0. The van der Waals surface area contributed by atoms with E-state index >= 15 is 0 Å². The van der Waals surface area contributed by atoms with E-state index in [1.54, 1.807) is 55.7 Å². The van der Waals surface area contributed by atoms with E-state index in [-0.39, 0.29) is 16.3 Å². The van der Waals surface area contributed by atoms with Crippen LogP contribution >= 0.6 is 15.9 Å². The van der Waals surface area contributed by atoms with Crippen LogP contribution in [-0.4, -0.2) is 18.9 Å². The van der Waals surface area contributed by atoms with Crippen molar-refractivity contribution in [2.75, 3.05) is 17.7 Å². The third kappa shape index (κ3) is 5.93. The second kappa shape index (κ2) is 8.84. The minimum Gasteiger partial charge on any atom is -0.497 e. The molecule has 0 radical (unpaired) electrons. The zero-order chi connectivity index (χ0) is 18.2. The lowest BCUT2D eigenvalue weighted by molar-refractivity contribution is -0.112. The zero-order valence-electron chi connectivity index (χ0n) is 13.6. The van der Waals surface area contributed by atoms with Crippen LogP contribution in [0.3, 0.4) is 0 Å². The molecule has 2 amide bonds. The van der Waals surface area contributed by atoms with Crippen LogP contribution in [0.5, 0.6) is 5.75 Å². The summed E-state index contributed by atoms with van der Waals surface area (Å²) < 4.78 is 5.31. The van der Waals surface area contributed by atoms with E-state index in [1.165, 1.54) is 6.08 Å². The quantitative estimate of drug-likeness (QED) is 0.714. The molecule has 128 valence electrons. The van der Waals surface area contributed by atoms with E-state index in [4.69, 9.17) is 4.74 Å². The first-order valence-electron chi connectivity index (χ1n) is 7.37. The highest BCUT2D eigenvalue weighted by Crippen LogP contribution is 2.16. The molecule has 2 N–H and O–H groups in total. The van der Waals surface area contributed by atoms with Gasteiger partial charge in [0.1, 0.15) is 5.75 Å². The molecule has 2 aromatic rings. The average molecular weight is 401 g/mol. The number of hydrogen-bond acceptors (Lipinski definition) is 3. The standard InChI is InChI=1S/C19H17BrN2O3/c1-13(20)19(24)22-16-5-3-4-14(12-16)6-11-18(23)21-15-7-9-17(25-2)10-8-15/h3-12H,1H2,2H3,(H,21,23)(H,22,24)/b11-6+. The van der Waals surface area contributed by atoms with Gasteiger partial charge in [-0.3, -0.25) is 9.59 Å². The van der Waals surface area contributed by atoms with Gasteiger partial charge in [0.15, 0.2) is 0 Å².